The lowest BCUT2D eigenvalue weighted by Crippen LogP contribution is -2.02. The third-order valence-corrected chi connectivity index (χ3v) is 2.56. The predicted molar refractivity (Wildman–Crippen MR) is 72.3 cm³/mol. The minimum atomic E-state index is 0.675. The molecular weight excluding hydrogens is 224 g/mol. The van der Waals surface area contributed by atoms with Crippen LogP contribution in [0.25, 0.3) is 0 Å². The van der Waals surface area contributed by atoms with Crippen LogP contribution in [0.4, 0.5) is 11.6 Å². The van der Waals surface area contributed by atoms with E-state index in [0.29, 0.717) is 12.1 Å². The minimum Gasteiger partial charge on any atom is -0.373 e. The van der Waals surface area contributed by atoms with E-state index in [4.69, 9.17) is 5.26 Å². The van der Waals surface area contributed by atoms with Gasteiger partial charge >= 0.3 is 0 Å². The lowest BCUT2D eigenvalue weighted by Gasteiger charge is -2.07. The van der Waals surface area contributed by atoms with E-state index in [-0.39, 0.29) is 0 Å². The Morgan fingerprint density at radius 3 is 2.50 bits per heavy atom. The number of aromatic nitrogens is 1. The number of hydrogen-bond donors (Lipinski definition) is 2. The average molecular weight is 238 g/mol. The molecule has 1 heterocycles. The number of nitriles is 1. The number of rotatable bonds is 4. The summed E-state index contributed by atoms with van der Waals surface area (Å²) in [5.74, 6) is 1.66. The molecule has 1 aromatic heterocycles. The Balaban J connectivity index is 2.00. The van der Waals surface area contributed by atoms with Crippen molar-refractivity contribution in [1.82, 2.24) is 4.98 Å². The van der Waals surface area contributed by atoms with Gasteiger partial charge in [0.25, 0.3) is 0 Å². The van der Waals surface area contributed by atoms with Crippen molar-refractivity contribution < 1.29 is 0 Å². The second-order valence-electron chi connectivity index (χ2n) is 3.82. The molecule has 4 nitrogen and oxygen atoms in total. The molecule has 1 aromatic carbocycles. The van der Waals surface area contributed by atoms with Gasteiger partial charge in [0.2, 0.25) is 0 Å². The zero-order chi connectivity index (χ0) is 12.8. The molecule has 2 rings (SSSR count). The number of benzene rings is 1. The second kappa shape index (κ2) is 5.69. The lowest BCUT2D eigenvalue weighted by atomic mass is 10.1. The fourth-order valence-corrected chi connectivity index (χ4v) is 1.56. The normalized spacial score (nSPS) is 9.56. The van der Waals surface area contributed by atoms with Crippen molar-refractivity contribution in [2.24, 2.45) is 0 Å². The van der Waals surface area contributed by atoms with Gasteiger partial charge in [0.15, 0.2) is 0 Å². The van der Waals surface area contributed by atoms with Gasteiger partial charge in [-0.3, -0.25) is 0 Å². The summed E-state index contributed by atoms with van der Waals surface area (Å²) in [6.45, 7) is 0.686. The van der Waals surface area contributed by atoms with E-state index in [1.165, 1.54) is 0 Å². The zero-order valence-electron chi connectivity index (χ0n) is 10.1. The van der Waals surface area contributed by atoms with Crippen molar-refractivity contribution in [2.75, 3.05) is 17.7 Å². The van der Waals surface area contributed by atoms with Crippen LogP contribution in [0.2, 0.25) is 0 Å². The summed E-state index contributed by atoms with van der Waals surface area (Å²) >= 11 is 0. The van der Waals surface area contributed by atoms with E-state index in [9.17, 15) is 0 Å². The maximum atomic E-state index is 8.71. The van der Waals surface area contributed by atoms with Crippen LogP contribution >= 0.6 is 0 Å². The Labute approximate surface area is 106 Å². The second-order valence-corrected chi connectivity index (χ2v) is 3.82. The largest absolute Gasteiger partial charge is 0.373 e. The van der Waals surface area contributed by atoms with Crippen LogP contribution in [0.15, 0.2) is 42.5 Å². The summed E-state index contributed by atoms with van der Waals surface area (Å²) in [6.07, 6.45) is 0. The Kier molecular flexibility index (Phi) is 3.77. The van der Waals surface area contributed by atoms with Crippen LogP contribution in [0.3, 0.4) is 0 Å². The van der Waals surface area contributed by atoms with Gasteiger partial charge in [0, 0.05) is 13.6 Å². The summed E-state index contributed by atoms with van der Waals surface area (Å²) in [6, 6.07) is 15.4. The molecule has 0 atom stereocenters. The SMILES string of the molecule is CNc1cccc(NCc2ccc(C#N)cc2)n1. The molecule has 0 unspecified atom stereocenters. The average Bonchev–Trinajstić information content (AvgIpc) is 2.46. The first-order chi connectivity index (χ1) is 8.81. The molecule has 0 spiro atoms. The van der Waals surface area contributed by atoms with Crippen LogP contribution in [0.5, 0.6) is 0 Å². The molecule has 0 aliphatic heterocycles. The smallest absolute Gasteiger partial charge is 0.128 e. The first-order valence-electron chi connectivity index (χ1n) is 5.69. The Morgan fingerprint density at radius 1 is 1.11 bits per heavy atom. The van der Waals surface area contributed by atoms with Crippen LogP contribution in [-0.2, 0) is 6.54 Å². The Morgan fingerprint density at radius 2 is 1.83 bits per heavy atom. The number of hydrogen-bond acceptors (Lipinski definition) is 4. The van der Waals surface area contributed by atoms with E-state index in [2.05, 4.69) is 21.7 Å². The zero-order valence-corrected chi connectivity index (χ0v) is 10.1. The first kappa shape index (κ1) is 11.9. The predicted octanol–water partition coefficient (Wildman–Crippen LogP) is 2.61. The topological polar surface area (TPSA) is 60.7 Å². The van der Waals surface area contributed by atoms with Crippen molar-refractivity contribution in [3.8, 4) is 6.07 Å². The molecule has 0 aliphatic rings. The number of nitrogens with zero attached hydrogens (tertiary/aromatic N) is 2. The van der Waals surface area contributed by atoms with E-state index >= 15 is 0 Å². The van der Waals surface area contributed by atoms with Crippen molar-refractivity contribution in [1.29, 1.82) is 5.26 Å². The van der Waals surface area contributed by atoms with Gasteiger partial charge in [-0.05, 0) is 29.8 Å². The van der Waals surface area contributed by atoms with Gasteiger partial charge in [0.05, 0.1) is 11.6 Å². The number of nitrogens with one attached hydrogen (secondary N) is 2. The third-order valence-electron chi connectivity index (χ3n) is 2.56. The molecule has 2 N–H and O–H groups in total. The van der Waals surface area contributed by atoms with E-state index < -0.39 is 0 Å². The molecule has 0 bridgehead atoms. The minimum absolute atomic E-state index is 0.675. The molecule has 0 aliphatic carbocycles. The monoisotopic (exact) mass is 238 g/mol. The number of pyridine rings is 1. The lowest BCUT2D eigenvalue weighted by molar-refractivity contribution is 1.11. The molecule has 0 saturated heterocycles. The highest BCUT2D eigenvalue weighted by Gasteiger charge is 1.97. The molecular formula is C14H14N4. The summed E-state index contributed by atoms with van der Waals surface area (Å²) in [5, 5.41) is 14.9. The molecule has 4 heteroatoms. The van der Waals surface area contributed by atoms with Crippen LogP contribution in [-0.4, -0.2) is 12.0 Å². The van der Waals surface area contributed by atoms with Gasteiger partial charge in [-0.2, -0.15) is 5.26 Å². The van der Waals surface area contributed by atoms with Crippen LogP contribution < -0.4 is 10.6 Å². The summed E-state index contributed by atoms with van der Waals surface area (Å²) in [7, 11) is 1.84. The third kappa shape index (κ3) is 2.98. The van der Waals surface area contributed by atoms with Gasteiger partial charge in [-0.15, -0.1) is 0 Å². The van der Waals surface area contributed by atoms with Crippen LogP contribution in [0, 0.1) is 11.3 Å². The molecule has 0 radical (unpaired) electrons. The highest BCUT2D eigenvalue weighted by molar-refractivity contribution is 5.45. The standard InChI is InChI=1S/C14H14N4/c1-16-13-3-2-4-14(18-13)17-10-12-7-5-11(9-15)6-8-12/h2-8H,10H2,1H3,(H2,16,17,18). The van der Waals surface area contributed by atoms with Crippen molar-refractivity contribution >= 4 is 11.6 Å². The summed E-state index contributed by atoms with van der Waals surface area (Å²) < 4.78 is 0. The van der Waals surface area contributed by atoms with Gasteiger partial charge in [-0.25, -0.2) is 4.98 Å². The fraction of sp³-hybridized carbons (Fsp3) is 0.143. The van der Waals surface area contributed by atoms with Crippen molar-refractivity contribution in [3.63, 3.8) is 0 Å². The Hall–Kier alpha value is -2.54. The van der Waals surface area contributed by atoms with Gasteiger partial charge < -0.3 is 10.6 Å². The molecule has 0 amide bonds. The van der Waals surface area contributed by atoms with E-state index in [1.54, 1.807) is 0 Å². The molecule has 18 heavy (non-hydrogen) atoms. The maximum absolute atomic E-state index is 8.71. The highest BCUT2D eigenvalue weighted by Crippen LogP contribution is 2.10. The summed E-state index contributed by atoms with van der Waals surface area (Å²) in [5.41, 5.74) is 1.79. The van der Waals surface area contributed by atoms with Gasteiger partial charge in [0.1, 0.15) is 11.6 Å². The molecule has 2 aromatic rings. The van der Waals surface area contributed by atoms with Crippen molar-refractivity contribution in [2.45, 2.75) is 6.54 Å². The van der Waals surface area contributed by atoms with Crippen LogP contribution in [0.1, 0.15) is 11.1 Å². The molecule has 90 valence electrons. The summed E-state index contributed by atoms with van der Waals surface area (Å²) in [4.78, 5) is 4.37. The molecule has 0 fully saturated rings. The Bertz CT molecular complexity index is 555. The van der Waals surface area contributed by atoms with E-state index in [1.807, 2.05) is 49.5 Å². The molecule has 0 saturated carbocycles. The van der Waals surface area contributed by atoms with Gasteiger partial charge in [-0.1, -0.05) is 18.2 Å². The maximum Gasteiger partial charge on any atom is 0.128 e. The highest BCUT2D eigenvalue weighted by atomic mass is 15.0. The first-order valence-corrected chi connectivity index (χ1v) is 5.69. The van der Waals surface area contributed by atoms with E-state index in [0.717, 1.165) is 17.2 Å². The van der Waals surface area contributed by atoms with Crippen molar-refractivity contribution in [3.05, 3.63) is 53.6 Å². The number of anilines is 2. The fourth-order valence-electron chi connectivity index (χ4n) is 1.56. The quantitative estimate of drug-likeness (QED) is 0.859.